The number of hydrogen-bond acceptors (Lipinski definition) is 11. The molecule has 0 spiro atoms. The van der Waals surface area contributed by atoms with Gasteiger partial charge in [-0.15, -0.1) is 0 Å². The molecule has 3 fully saturated rings. The van der Waals surface area contributed by atoms with Gasteiger partial charge in [0, 0.05) is 86.4 Å². The third-order valence-corrected chi connectivity index (χ3v) is 13.1. The van der Waals surface area contributed by atoms with Crippen molar-refractivity contribution < 1.29 is 33.8 Å². The number of halogens is 2. The van der Waals surface area contributed by atoms with Gasteiger partial charge in [-0.2, -0.15) is 5.26 Å². The summed E-state index contributed by atoms with van der Waals surface area (Å²) < 4.78 is 12.1. The van der Waals surface area contributed by atoms with E-state index in [4.69, 9.17) is 32.7 Å². The maximum atomic E-state index is 13.9. The molecule has 2 aliphatic heterocycles. The van der Waals surface area contributed by atoms with Gasteiger partial charge in [0.05, 0.1) is 28.9 Å². The van der Waals surface area contributed by atoms with Crippen LogP contribution in [-0.4, -0.2) is 126 Å². The molecule has 4 amide bonds. The molecule has 4 N–H and O–H groups in total. The highest BCUT2D eigenvalue weighted by Crippen LogP contribution is 2.55. The normalized spacial score (nSPS) is 22.1. The number of likely N-dealkylation sites (tertiary alicyclic amines) is 1. The van der Waals surface area contributed by atoms with Crippen molar-refractivity contribution in [3.8, 4) is 11.8 Å². The summed E-state index contributed by atoms with van der Waals surface area (Å²) in [5.74, 6) is -0.138. The molecule has 1 aromatic heterocycles. The van der Waals surface area contributed by atoms with Gasteiger partial charge in [-0.3, -0.25) is 24.1 Å². The van der Waals surface area contributed by atoms with Crippen molar-refractivity contribution in [1.82, 2.24) is 30.7 Å². The van der Waals surface area contributed by atoms with Crippen LogP contribution in [0.2, 0.25) is 10.0 Å². The van der Waals surface area contributed by atoms with E-state index in [2.05, 4.69) is 64.5 Å². The topological polar surface area (TPSA) is 189 Å². The lowest BCUT2D eigenvalue weighted by atomic mass is 9.49. The van der Waals surface area contributed by atoms with Crippen LogP contribution >= 0.6 is 23.2 Å². The zero-order chi connectivity index (χ0) is 46.6. The van der Waals surface area contributed by atoms with Gasteiger partial charge >= 0.3 is 0 Å². The highest BCUT2D eigenvalue weighted by Gasteiger charge is 2.64. The molecule has 2 aromatic carbocycles. The number of β-amino-alcohol motifs (C(OH)–C–C–N with tert-alkyl or cyclic N) is 1. The third-order valence-electron chi connectivity index (χ3n) is 12.6. The molecule has 17 heteroatoms. The highest BCUT2D eigenvalue weighted by molar-refractivity contribution is 6.31. The van der Waals surface area contributed by atoms with E-state index in [0.717, 1.165) is 37.6 Å². The second kappa shape index (κ2) is 20.0. The number of hydrogen-bond donors (Lipinski definition) is 4. The van der Waals surface area contributed by atoms with Gasteiger partial charge in [0.2, 0.25) is 17.7 Å². The lowest BCUT2D eigenvalue weighted by Crippen LogP contribution is -2.74. The molecule has 3 aliphatic rings. The smallest absolute Gasteiger partial charge is 0.253 e. The van der Waals surface area contributed by atoms with Crippen molar-refractivity contribution in [3.05, 3.63) is 87.5 Å². The van der Waals surface area contributed by atoms with E-state index in [1.165, 1.54) is 4.90 Å². The molecule has 1 aliphatic carbocycles. The van der Waals surface area contributed by atoms with Gasteiger partial charge in [0.1, 0.15) is 42.4 Å². The summed E-state index contributed by atoms with van der Waals surface area (Å²) in [6.45, 7) is 17.6. The first-order valence-electron chi connectivity index (χ1n) is 21.7. The highest BCUT2D eigenvalue weighted by atomic mass is 35.5. The summed E-state index contributed by atoms with van der Waals surface area (Å²) in [5.41, 5.74) is 0.198. The number of pyridine rings is 1. The summed E-state index contributed by atoms with van der Waals surface area (Å²) in [5, 5.41) is 29.5. The molecular formula is C47H60Cl2N8O7. The van der Waals surface area contributed by atoms with Gasteiger partial charge in [0.15, 0.2) is 0 Å². The SMILES string of the molecule is CC1(C)C(NC(=O)c2ccc(N3CCN(CCOCC(=O)N[C@H](C(=O)N4C[C@H](O)C[C@H]4C(=O)NCc4ccc(Cl)cc4)C(C)(C)C)CC3)nc2)C(C)(C)C1Oc1ccc(C#N)c(Cl)c1. The zero-order valence-electron chi connectivity index (χ0n) is 37.6. The molecule has 3 aromatic rings. The summed E-state index contributed by atoms with van der Waals surface area (Å²) in [6.07, 6.45) is 0.613. The van der Waals surface area contributed by atoms with Crippen LogP contribution in [0.1, 0.15) is 76.4 Å². The molecule has 2 saturated heterocycles. The quantitative estimate of drug-likeness (QED) is 0.153. The van der Waals surface area contributed by atoms with Gasteiger partial charge < -0.3 is 40.3 Å². The summed E-state index contributed by atoms with van der Waals surface area (Å²) in [4.78, 5) is 64.1. The van der Waals surface area contributed by atoms with Crippen LogP contribution in [0.5, 0.6) is 5.75 Å². The van der Waals surface area contributed by atoms with Gasteiger partial charge in [0.25, 0.3) is 5.91 Å². The van der Waals surface area contributed by atoms with E-state index in [0.29, 0.717) is 40.1 Å². The predicted molar refractivity (Wildman–Crippen MR) is 244 cm³/mol. The molecule has 0 bridgehead atoms. The number of ether oxygens (including phenoxy) is 2. The number of anilines is 1. The Bertz CT molecular complexity index is 2190. The number of rotatable bonds is 15. The Morgan fingerprint density at radius 3 is 2.28 bits per heavy atom. The van der Waals surface area contributed by atoms with Crippen molar-refractivity contribution in [2.24, 2.45) is 16.2 Å². The number of piperazine rings is 1. The third kappa shape index (κ3) is 11.3. The van der Waals surface area contributed by atoms with Crippen molar-refractivity contribution in [1.29, 1.82) is 5.26 Å². The number of nitrogens with one attached hydrogen (secondary N) is 3. The molecule has 15 nitrogen and oxygen atoms in total. The van der Waals surface area contributed by atoms with Crippen molar-refractivity contribution in [2.75, 3.05) is 57.4 Å². The van der Waals surface area contributed by atoms with Crippen LogP contribution in [0, 0.1) is 27.6 Å². The summed E-state index contributed by atoms with van der Waals surface area (Å²) >= 11 is 12.2. The monoisotopic (exact) mass is 918 g/mol. The van der Waals surface area contributed by atoms with E-state index in [9.17, 15) is 29.5 Å². The lowest BCUT2D eigenvalue weighted by Gasteiger charge is -2.63. The molecule has 0 radical (unpaired) electrons. The number of aromatic nitrogens is 1. The number of aliphatic hydroxyl groups excluding tert-OH is 1. The predicted octanol–water partition coefficient (Wildman–Crippen LogP) is 4.82. The minimum atomic E-state index is -0.955. The Balaban J connectivity index is 0.916. The number of amides is 4. The first-order valence-corrected chi connectivity index (χ1v) is 22.4. The molecule has 3 heterocycles. The number of nitriles is 1. The van der Waals surface area contributed by atoms with Crippen LogP contribution in [0.25, 0.3) is 0 Å². The molecular weight excluding hydrogens is 859 g/mol. The van der Waals surface area contributed by atoms with E-state index >= 15 is 0 Å². The maximum absolute atomic E-state index is 13.9. The first kappa shape index (κ1) is 48.5. The Kier molecular flexibility index (Phi) is 15.2. The average molecular weight is 920 g/mol. The lowest BCUT2D eigenvalue weighted by molar-refractivity contribution is -0.164. The second-order valence-electron chi connectivity index (χ2n) is 19.2. The van der Waals surface area contributed by atoms with E-state index in [1.807, 2.05) is 26.8 Å². The maximum Gasteiger partial charge on any atom is 0.253 e. The van der Waals surface area contributed by atoms with Gasteiger partial charge in [-0.05, 0) is 47.4 Å². The fraction of sp³-hybridized carbons (Fsp3) is 0.532. The number of aliphatic hydroxyl groups is 1. The number of nitrogens with zero attached hydrogens (tertiary/aromatic N) is 5. The molecule has 64 heavy (non-hydrogen) atoms. The van der Waals surface area contributed by atoms with Crippen LogP contribution in [0.3, 0.4) is 0 Å². The van der Waals surface area contributed by atoms with Crippen LogP contribution < -0.4 is 25.6 Å². The standard InChI is InChI=1S/C47H60Cl2N8O7/c1-45(2,3)39(42(62)57-27-33(58)22-36(57)41(61)52-25-29-8-12-32(48)13-9-29)53-38(59)28-63-21-20-55-16-18-56(19-17-55)37-15-11-31(26-51-37)40(60)54-43-46(4,5)44(47(43,6)7)64-34-14-10-30(24-50)35(49)23-34/h8-15,23,26,33,36,39,43-44,58H,16-22,25,27-28H2,1-7H3,(H,52,61)(H,53,59)(H,54,60)/t33-,36+,39-,43?,44?/m1/s1. The van der Waals surface area contributed by atoms with E-state index in [-0.39, 0.29) is 50.1 Å². The van der Waals surface area contributed by atoms with Crippen LogP contribution in [-0.2, 0) is 25.7 Å². The van der Waals surface area contributed by atoms with Crippen LogP contribution in [0.4, 0.5) is 5.82 Å². The second-order valence-corrected chi connectivity index (χ2v) is 20.0. The molecule has 0 unspecified atom stereocenters. The van der Waals surface area contributed by atoms with Crippen molar-refractivity contribution in [3.63, 3.8) is 0 Å². The minimum Gasteiger partial charge on any atom is -0.489 e. The van der Waals surface area contributed by atoms with E-state index < -0.39 is 46.2 Å². The Labute approximate surface area is 385 Å². The molecule has 3 atom stereocenters. The first-order chi connectivity index (χ1) is 30.2. The van der Waals surface area contributed by atoms with Crippen LogP contribution in [0.15, 0.2) is 60.8 Å². The average Bonchev–Trinajstić information content (AvgIpc) is 3.66. The Hall–Kier alpha value is -4.98. The van der Waals surface area contributed by atoms with Crippen molar-refractivity contribution >= 4 is 52.6 Å². The summed E-state index contributed by atoms with van der Waals surface area (Å²) in [6, 6.07) is 15.8. The molecule has 1 saturated carbocycles. The molecule has 6 rings (SSSR count). The zero-order valence-corrected chi connectivity index (χ0v) is 39.1. The largest absolute Gasteiger partial charge is 0.489 e. The number of carbonyl (C=O) groups is 4. The molecule has 344 valence electrons. The number of benzene rings is 2. The van der Waals surface area contributed by atoms with Gasteiger partial charge in [-0.1, -0.05) is 83.8 Å². The fourth-order valence-electron chi connectivity index (χ4n) is 9.31. The van der Waals surface area contributed by atoms with Crippen molar-refractivity contribution in [2.45, 2.75) is 91.8 Å². The number of carbonyl (C=O) groups excluding carboxylic acids is 4. The Morgan fingerprint density at radius 1 is 0.984 bits per heavy atom. The minimum absolute atomic E-state index is 0.0153. The van der Waals surface area contributed by atoms with Gasteiger partial charge in [-0.25, -0.2) is 4.98 Å². The van der Waals surface area contributed by atoms with E-state index in [1.54, 1.807) is 54.7 Å². The summed E-state index contributed by atoms with van der Waals surface area (Å²) in [7, 11) is 0. The fourth-order valence-corrected chi connectivity index (χ4v) is 9.65. The Morgan fingerprint density at radius 2 is 1.67 bits per heavy atom.